The lowest BCUT2D eigenvalue weighted by atomic mass is 9.90. The van der Waals surface area contributed by atoms with E-state index in [0.29, 0.717) is 12.1 Å². The molecule has 1 spiro atoms. The summed E-state index contributed by atoms with van der Waals surface area (Å²) in [6, 6.07) is 19.3. The second-order valence-corrected chi connectivity index (χ2v) is 9.11. The molecule has 1 amide bonds. The van der Waals surface area contributed by atoms with Crippen LogP contribution in [0.4, 0.5) is 19.3 Å². The van der Waals surface area contributed by atoms with Crippen LogP contribution in [0.25, 0.3) is 11.1 Å². The van der Waals surface area contributed by atoms with Crippen molar-refractivity contribution in [1.82, 2.24) is 4.90 Å². The van der Waals surface area contributed by atoms with Gasteiger partial charge in [0, 0.05) is 49.8 Å². The number of hydrogen-bond donors (Lipinski definition) is 0. The molecule has 6 nitrogen and oxygen atoms in total. The number of hydrogen-bond acceptors (Lipinski definition) is 5. The molecule has 3 aromatic rings. The van der Waals surface area contributed by atoms with E-state index in [-0.39, 0.29) is 12.2 Å². The molecule has 0 unspecified atom stereocenters. The van der Waals surface area contributed by atoms with Crippen molar-refractivity contribution >= 4 is 17.9 Å². The average molecular weight is 493 g/mol. The number of nitrogens with zero attached hydrogens (tertiary/aromatic N) is 2. The summed E-state index contributed by atoms with van der Waals surface area (Å²) in [6.07, 6.45) is 1.56. The first-order chi connectivity index (χ1) is 17.3. The van der Waals surface area contributed by atoms with Crippen molar-refractivity contribution in [2.24, 2.45) is 0 Å². The molecule has 2 aliphatic heterocycles. The van der Waals surface area contributed by atoms with Crippen LogP contribution in [0.5, 0.6) is 0 Å². The summed E-state index contributed by atoms with van der Waals surface area (Å²) in [6.45, 7) is 4.98. The van der Waals surface area contributed by atoms with Crippen molar-refractivity contribution in [3.05, 3.63) is 89.5 Å². The molecule has 0 bridgehead atoms. The number of likely N-dealkylation sites (tertiary alicyclic amines) is 1. The Morgan fingerprint density at radius 1 is 0.944 bits per heavy atom. The maximum atomic E-state index is 14.2. The third kappa shape index (κ3) is 5.51. The van der Waals surface area contributed by atoms with Crippen LogP contribution in [0, 0.1) is 18.6 Å². The first kappa shape index (κ1) is 25.2. The van der Waals surface area contributed by atoms with Gasteiger partial charge in [-0.1, -0.05) is 36.4 Å². The first-order valence-corrected chi connectivity index (χ1v) is 11.7. The van der Waals surface area contributed by atoms with Crippen LogP contribution in [0.15, 0.2) is 66.7 Å². The summed E-state index contributed by atoms with van der Waals surface area (Å²) in [5.74, 6) is -1.13. The number of piperidine rings is 1. The van der Waals surface area contributed by atoms with Gasteiger partial charge in [-0.25, -0.2) is 13.6 Å². The fourth-order valence-corrected chi connectivity index (χ4v) is 4.90. The minimum atomic E-state index is -0.576. The van der Waals surface area contributed by atoms with Crippen molar-refractivity contribution < 1.29 is 27.9 Å². The van der Waals surface area contributed by atoms with E-state index in [1.165, 1.54) is 12.1 Å². The number of carbonyl (C=O) groups excluding carboxylic acids is 3. The van der Waals surface area contributed by atoms with Crippen LogP contribution >= 0.6 is 0 Å². The summed E-state index contributed by atoms with van der Waals surface area (Å²) < 4.78 is 33.3. The number of aryl methyl sites for hydroxylation is 1. The Morgan fingerprint density at radius 3 is 2.25 bits per heavy atom. The molecule has 0 aromatic heterocycles. The standard InChI is InChI=1S/C27H26F2N2O2.CO2/c1-19-15-20(7-9-23(19)24-10-8-21(28)16-25(24)29)17-30-13-11-27(12-14-30)18-31(26(32)33-27)22-5-3-2-4-6-22;2-1-3/h2-10,15-16H,11-14,17-18H2,1H3;. The van der Waals surface area contributed by atoms with Crippen LogP contribution in [-0.2, 0) is 20.9 Å². The molecule has 2 heterocycles. The maximum absolute atomic E-state index is 14.2. The highest BCUT2D eigenvalue weighted by Gasteiger charge is 2.47. The first-order valence-electron chi connectivity index (χ1n) is 11.7. The molecule has 2 aliphatic rings. The molecule has 8 heteroatoms. The summed E-state index contributed by atoms with van der Waals surface area (Å²) in [5.41, 5.74) is 3.72. The quantitative estimate of drug-likeness (QED) is 0.491. The molecule has 5 rings (SSSR count). The smallest absolute Gasteiger partial charge is 0.415 e. The van der Waals surface area contributed by atoms with Crippen LogP contribution < -0.4 is 4.90 Å². The Hall–Kier alpha value is -3.87. The fraction of sp³-hybridized carbons (Fsp3) is 0.286. The Kier molecular flexibility index (Phi) is 7.58. The van der Waals surface area contributed by atoms with Gasteiger partial charge in [-0.15, -0.1) is 0 Å². The molecular weight excluding hydrogens is 466 g/mol. The average Bonchev–Trinajstić information content (AvgIpc) is 3.18. The number of anilines is 1. The summed E-state index contributed by atoms with van der Waals surface area (Å²) in [5, 5.41) is 0. The fourth-order valence-electron chi connectivity index (χ4n) is 4.90. The van der Waals surface area contributed by atoms with Crippen LogP contribution in [0.2, 0.25) is 0 Å². The van der Waals surface area contributed by atoms with Crippen molar-refractivity contribution in [3.63, 3.8) is 0 Å². The van der Waals surface area contributed by atoms with Crippen molar-refractivity contribution in [2.75, 3.05) is 24.5 Å². The van der Waals surface area contributed by atoms with E-state index in [1.54, 1.807) is 4.90 Å². The van der Waals surface area contributed by atoms with Gasteiger partial charge in [-0.05, 0) is 47.9 Å². The number of amides is 1. The van der Waals surface area contributed by atoms with Crippen LogP contribution in [0.3, 0.4) is 0 Å². The van der Waals surface area contributed by atoms with Crippen molar-refractivity contribution in [1.29, 1.82) is 0 Å². The van der Waals surface area contributed by atoms with E-state index in [1.807, 2.05) is 49.4 Å². The van der Waals surface area contributed by atoms with Crippen LogP contribution in [0.1, 0.15) is 24.0 Å². The van der Waals surface area contributed by atoms with E-state index in [4.69, 9.17) is 14.3 Å². The molecule has 0 radical (unpaired) electrons. The molecule has 0 N–H and O–H groups in total. The lowest BCUT2D eigenvalue weighted by Gasteiger charge is -2.37. The maximum Gasteiger partial charge on any atom is 0.415 e. The topological polar surface area (TPSA) is 66.9 Å². The molecule has 3 aromatic carbocycles. The van der Waals surface area contributed by atoms with Gasteiger partial charge < -0.3 is 4.74 Å². The Labute approximate surface area is 208 Å². The van der Waals surface area contributed by atoms with E-state index >= 15 is 0 Å². The minimum absolute atomic E-state index is 0.250. The van der Waals surface area contributed by atoms with Gasteiger partial charge in [-0.2, -0.15) is 9.59 Å². The second kappa shape index (κ2) is 10.8. The highest BCUT2D eigenvalue weighted by atomic mass is 19.1. The van der Waals surface area contributed by atoms with E-state index in [2.05, 4.69) is 11.0 Å². The largest absolute Gasteiger partial charge is 0.441 e. The highest BCUT2D eigenvalue weighted by Crippen LogP contribution is 2.36. The van der Waals surface area contributed by atoms with Crippen molar-refractivity contribution in [2.45, 2.75) is 31.9 Å². The zero-order valence-electron chi connectivity index (χ0n) is 19.9. The number of benzene rings is 3. The summed E-state index contributed by atoms with van der Waals surface area (Å²) in [7, 11) is 0. The molecule has 0 aliphatic carbocycles. The summed E-state index contributed by atoms with van der Waals surface area (Å²) >= 11 is 0. The molecule has 2 fully saturated rings. The number of para-hydroxylation sites is 1. The third-order valence-corrected chi connectivity index (χ3v) is 6.72. The zero-order chi connectivity index (χ0) is 25.7. The molecule has 2 saturated heterocycles. The van der Waals surface area contributed by atoms with Gasteiger partial charge in [0.25, 0.3) is 0 Å². The molecule has 0 saturated carbocycles. The minimum Gasteiger partial charge on any atom is -0.441 e. The highest BCUT2D eigenvalue weighted by molar-refractivity contribution is 5.90. The normalized spacial score (nSPS) is 16.8. The number of carbonyl (C=O) groups is 1. The lowest BCUT2D eigenvalue weighted by Crippen LogP contribution is -2.46. The SMILES string of the molecule is Cc1cc(CN2CCC3(CC2)CN(c2ccccc2)C(=O)O3)ccc1-c1ccc(F)cc1F.O=C=O. The van der Waals surface area contributed by atoms with E-state index < -0.39 is 17.2 Å². The predicted molar refractivity (Wildman–Crippen MR) is 129 cm³/mol. The number of ether oxygens (including phenoxy) is 1. The molecule has 186 valence electrons. The Balaban J connectivity index is 0.000000967. The molecular formula is C28H26F2N2O4. The number of halogens is 2. The zero-order valence-corrected chi connectivity index (χ0v) is 19.9. The Bertz CT molecular complexity index is 1270. The Morgan fingerprint density at radius 2 is 1.61 bits per heavy atom. The van der Waals surface area contributed by atoms with Gasteiger partial charge in [-0.3, -0.25) is 9.80 Å². The van der Waals surface area contributed by atoms with Gasteiger partial charge in [0.05, 0.1) is 6.54 Å². The van der Waals surface area contributed by atoms with E-state index in [0.717, 1.165) is 60.9 Å². The van der Waals surface area contributed by atoms with Crippen molar-refractivity contribution in [3.8, 4) is 11.1 Å². The van der Waals surface area contributed by atoms with Gasteiger partial charge in [0.2, 0.25) is 0 Å². The third-order valence-electron chi connectivity index (χ3n) is 6.72. The monoisotopic (exact) mass is 492 g/mol. The predicted octanol–water partition coefficient (Wildman–Crippen LogP) is 5.35. The van der Waals surface area contributed by atoms with Gasteiger partial charge >= 0.3 is 12.2 Å². The molecule has 36 heavy (non-hydrogen) atoms. The number of rotatable bonds is 4. The second-order valence-electron chi connectivity index (χ2n) is 9.11. The van der Waals surface area contributed by atoms with Gasteiger partial charge in [0.1, 0.15) is 17.2 Å². The van der Waals surface area contributed by atoms with E-state index in [9.17, 15) is 13.6 Å². The van der Waals surface area contributed by atoms with Gasteiger partial charge in [0.15, 0.2) is 0 Å². The molecule has 0 atom stereocenters. The summed E-state index contributed by atoms with van der Waals surface area (Å²) in [4.78, 5) is 32.8. The van der Waals surface area contributed by atoms with Crippen LogP contribution in [-0.4, -0.2) is 42.4 Å². The lowest BCUT2D eigenvalue weighted by molar-refractivity contribution is -0.191.